The molecule has 0 aliphatic rings. The van der Waals surface area contributed by atoms with Crippen LogP contribution in [0.2, 0.25) is 0 Å². The van der Waals surface area contributed by atoms with Gasteiger partial charge in [-0.15, -0.1) is 11.3 Å². The Kier molecular flexibility index (Phi) is 5.13. The molecule has 0 spiro atoms. The van der Waals surface area contributed by atoms with E-state index in [9.17, 15) is 9.59 Å². The summed E-state index contributed by atoms with van der Waals surface area (Å²) in [6, 6.07) is 7.26. The SMILES string of the molecule is CC(=O)Nc1ccccc1-c1nc(CNC(=O)c2csc(C)n2)c(C)o1. The number of nitrogens with zero attached hydrogens (tertiary/aromatic N) is 2. The first kappa shape index (κ1) is 17.8. The van der Waals surface area contributed by atoms with E-state index in [0.717, 1.165) is 5.01 Å². The molecule has 3 aromatic rings. The Balaban J connectivity index is 1.77. The van der Waals surface area contributed by atoms with Crippen LogP contribution in [0.1, 0.15) is 33.9 Å². The van der Waals surface area contributed by atoms with Crippen molar-refractivity contribution in [1.29, 1.82) is 0 Å². The zero-order chi connectivity index (χ0) is 18.7. The number of benzene rings is 1. The maximum absolute atomic E-state index is 12.1. The highest BCUT2D eigenvalue weighted by atomic mass is 32.1. The summed E-state index contributed by atoms with van der Waals surface area (Å²) >= 11 is 1.42. The van der Waals surface area contributed by atoms with Gasteiger partial charge in [-0.3, -0.25) is 9.59 Å². The van der Waals surface area contributed by atoms with Crippen molar-refractivity contribution in [2.75, 3.05) is 5.32 Å². The van der Waals surface area contributed by atoms with Gasteiger partial charge in [-0.1, -0.05) is 12.1 Å². The van der Waals surface area contributed by atoms with Crippen molar-refractivity contribution in [3.63, 3.8) is 0 Å². The van der Waals surface area contributed by atoms with Crippen molar-refractivity contribution in [3.05, 3.63) is 51.8 Å². The van der Waals surface area contributed by atoms with E-state index in [-0.39, 0.29) is 18.4 Å². The molecule has 2 N–H and O–H groups in total. The van der Waals surface area contributed by atoms with Crippen LogP contribution in [0.3, 0.4) is 0 Å². The third-order valence-electron chi connectivity index (χ3n) is 3.63. The standard InChI is InChI=1S/C18H18N4O3S/c1-10-15(8-19-17(24)16-9-26-12(3)21-16)22-18(25-10)13-6-4-5-7-14(13)20-11(2)23/h4-7,9H,8H2,1-3H3,(H,19,24)(H,20,23). The van der Waals surface area contributed by atoms with Crippen LogP contribution in [0.5, 0.6) is 0 Å². The third-order valence-corrected chi connectivity index (χ3v) is 4.40. The molecule has 0 radical (unpaired) electrons. The molecule has 7 nitrogen and oxygen atoms in total. The molecular formula is C18H18N4O3S. The fourth-order valence-electron chi connectivity index (χ4n) is 2.40. The van der Waals surface area contributed by atoms with Gasteiger partial charge in [-0.05, 0) is 26.0 Å². The first-order chi connectivity index (χ1) is 12.4. The molecule has 0 bridgehead atoms. The molecule has 0 saturated heterocycles. The lowest BCUT2D eigenvalue weighted by atomic mass is 10.1. The lowest BCUT2D eigenvalue weighted by Crippen LogP contribution is -2.23. The Bertz CT molecular complexity index is 961. The summed E-state index contributed by atoms with van der Waals surface area (Å²) in [6.45, 7) is 5.31. The van der Waals surface area contributed by atoms with Gasteiger partial charge in [0, 0.05) is 12.3 Å². The molecule has 2 aromatic heterocycles. The first-order valence-electron chi connectivity index (χ1n) is 7.97. The van der Waals surface area contributed by atoms with Gasteiger partial charge in [0.05, 0.1) is 22.8 Å². The number of thiazole rings is 1. The largest absolute Gasteiger partial charge is 0.441 e. The normalized spacial score (nSPS) is 10.6. The quantitative estimate of drug-likeness (QED) is 0.718. The van der Waals surface area contributed by atoms with Crippen LogP contribution in [0.25, 0.3) is 11.5 Å². The minimum atomic E-state index is -0.253. The summed E-state index contributed by atoms with van der Waals surface area (Å²) in [5.74, 6) is 0.566. The van der Waals surface area contributed by atoms with Crippen molar-refractivity contribution in [2.24, 2.45) is 0 Å². The van der Waals surface area contributed by atoms with Crippen LogP contribution in [0.15, 0.2) is 34.1 Å². The molecular weight excluding hydrogens is 352 g/mol. The molecule has 0 fully saturated rings. The number of aryl methyl sites for hydroxylation is 2. The average molecular weight is 370 g/mol. The molecule has 0 aliphatic heterocycles. The van der Waals surface area contributed by atoms with E-state index in [4.69, 9.17) is 4.42 Å². The molecule has 2 heterocycles. The van der Waals surface area contributed by atoms with Crippen LogP contribution in [0.4, 0.5) is 5.69 Å². The van der Waals surface area contributed by atoms with Gasteiger partial charge in [-0.25, -0.2) is 9.97 Å². The number of hydrogen-bond acceptors (Lipinski definition) is 6. The van der Waals surface area contributed by atoms with Crippen LogP contribution in [0, 0.1) is 13.8 Å². The summed E-state index contributed by atoms with van der Waals surface area (Å²) in [5, 5.41) is 8.11. The van der Waals surface area contributed by atoms with Crippen molar-refractivity contribution in [1.82, 2.24) is 15.3 Å². The number of aromatic nitrogens is 2. The second kappa shape index (κ2) is 7.49. The first-order valence-corrected chi connectivity index (χ1v) is 8.85. The second-order valence-electron chi connectivity index (χ2n) is 5.68. The summed E-state index contributed by atoms with van der Waals surface area (Å²) in [4.78, 5) is 32.1. The maximum atomic E-state index is 12.1. The van der Waals surface area contributed by atoms with Gasteiger partial charge in [0.1, 0.15) is 17.1 Å². The van der Waals surface area contributed by atoms with E-state index in [1.54, 1.807) is 18.4 Å². The number of rotatable bonds is 5. The Morgan fingerprint density at radius 2 is 1.96 bits per heavy atom. The Labute approximate surface area is 154 Å². The van der Waals surface area contributed by atoms with Gasteiger partial charge in [0.2, 0.25) is 11.8 Å². The van der Waals surface area contributed by atoms with Crippen molar-refractivity contribution >= 4 is 28.8 Å². The molecule has 0 saturated carbocycles. The van der Waals surface area contributed by atoms with Crippen LogP contribution < -0.4 is 10.6 Å². The molecule has 0 aliphatic carbocycles. The van der Waals surface area contributed by atoms with Crippen LogP contribution in [-0.4, -0.2) is 21.8 Å². The fraction of sp³-hybridized carbons (Fsp3) is 0.222. The van der Waals surface area contributed by atoms with Crippen LogP contribution in [-0.2, 0) is 11.3 Å². The second-order valence-corrected chi connectivity index (χ2v) is 6.75. The van der Waals surface area contributed by atoms with Gasteiger partial charge in [-0.2, -0.15) is 0 Å². The number of anilines is 1. The molecule has 8 heteroatoms. The topological polar surface area (TPSA) is 97.1 Å². The average Bonchev–Trinajstić information content (AvgIpc) is 3.18. The summed E-state index contributed by atoms with van der Waals surface area (Å²) < 4.78 is 5.74. The molecule has 26 heavy (non-hydrogen) atoms. The number of carbonyl (C=O) groups is 2. The highest BCUT2D eigenvalue weighted by Crippen LogP contribution is 2.28. The van der Waals surface area contributed by atoms with Crippen LogP contribution >= 0.6 is 11.3 Å². The monoisotopic (exact) mass is 370 g/mol. The van der Waals surface area contributed by atoms with E-state index < -0.39 is 0 Å². The van der Waals surface area contributed by atoms with E-state index in [2.05, 4.69) is 20.6 Å². The van der Waals surface area contributed by atoms with Crippen molar-refractivity contribution in [3.8, 4) is 11.5 Å². The molecule has 2 amide bonds. The molecule has 3 rings (SSSR count). The predicted molar refractivity (Wildman–Crippen MR) is 99.0 cm³/mol. The highest BCUT2D eigenvalue weighted by molar-refractivity contribution is 7.09. The minimum Gasteiger partial charge on any atom is -0.441 e. The summed E-state index contributed by atoms with van der Waals surface area (Å²) in [6.07, 6.45) is 0. The summed E-state index contributed by atoms with van der Waals surface area (Å²) in [7, 11) is 0. The van der Waals surface area contributed by atoms with E-state index in [1.165, 1.54) is 18.3 Å². The number of oxazole rings is 1. The smallest absolute Gasteiger partial charge is 0.271 e. The predicted octanol–water partition coefficient (Wildman–Crippen LogP) is 3.30. The molecule has 0 atom stereocenters. The van der Waals surface area contributed by atoms with E-state index in [1.807, 2.05) is 25.1 Å². The van der Waals surface area contributed by atoms with Gasteiger partial charge < -0.3 is 15.1 Å². The number of amides is 2. The van der Waals surface area contributed by atoms with Crippen molar-refractivity contribution < 1.29 is 14.0 Å². The lowest BCUT2D eigenvalue weighted by Gasteiger charge is -2.06. The number of para-hydroxylation sites is 1. The third kappa shape index (κ3) is 3.97. The fourth-order valence-corrected chi connectivity index (χ4v) is 2.99. The van der Waals surface area contributed by atoms with Gasteiger partial charge in [0.25, 0.3) is 5.91 Å². The van der Waals surface area contributed by atoms with Gasteiger partial charge in [0.15, 0.2) is 0 Å². The van der Waals surface area contributed by atoms with E-state index >= 15 is 0 Å². The zero-order valence-corrected chi connectivity index (χ0v) is 15.4. The highest BCUT2D eigenvalue weighted by Gasteiger charge is 2.16. The molecule has 134 valence electrons. The summed E-state index contributed by atoms with van der Waals surface area (Å²) in [5.41, 5.74) is 2.32. The Hall–Kier alpha value is -3.00. The minimum absolute atomic E-state index is 0.174. The van der Waals surface area contributed by atoms with Gasteiger partial charge >= 0.3 is 0 Å². The number of hydrogen-bond donors (Lipinski definition) is 2. The number of carbonyl (C=O) groups excluding carboxylic acids is 2. The van der Waals surface area contributed by atoms with Crippen molar-refractivity contribution in [2.45, 2.75) is 27.3 Å². The van der Waals surface area contributed by atoms with E-state index in [0.29, 0.717) is 34.3 Å². The molecule has 0 unspecified atom stereocenters. The lowest BCUT2D eigenvalue weighted by molar-refractivity contribution is -0.114. The Morgan fingerprint density at radius 1 is 1.19 bits per heavy atom. The zero-order valence-electron chi connectivity index (χ0n) is 14.6. The Morgan fingerprint density at radius 3 is 2.65 bits per heavy atom. The molecule has 1 aromatic carbocycles. The maximum Gasteiger partial charge on any atom is 0.271 e. The number of nitrogens with one attached hydrogen (secondary N) is 2.